The number of ether oxygens (including phenoxy) is 1. The first-order valence-electron chi connectivity index (χ1n) is 7.93. The van der Waals surface area contributed by atoms with Gasteiger partial charge in [-0.2, -0.15) is 0 Å². The molecular formula is C18H21FN2O4S. The van der Waals surface area contributed by atoms with Gasteiger partial charge in [0, 0.05) is 13.6 Å². The van der Waals surface area contributed by atoms with E-state index in [0.29, 0.717) is 24.4 Å². The highest BCUT2D eigenvalue weighted by molar-refractivity contribution is 7.92. The summed E-state index contributed by atoms with van der Waals surface area (Å²) in [6, 6.07) is 12.5. The van der Waals surface area contributed by atoms with Gasteiger partial charge in [-0.05, 0) is 48.4 Å². The van der Waals surface area contributed by atoms with Crippen LogP contribution in [-0.4, -0.2) is 40.8 Å². The van der Waals surface area contributed by atoms with Crippen LogP contribution < -0.4 is 14.4 Å². The predicted octanol–water partition coefficient (Wildman–Crippen LogP) is 1.96. The Morgan fingerprint density at radius 1 is 1.12 bits per heavy atom. The predicted molar refractivity (Wildman–Crippen MR) is 98.3 cm³/mol. The molecular weight excluding hydrogens is 359 g/mol. The third kappa shape index (κ3) is 6.03. The normalized spacial score (nSPS) is 11.0. The highest BCUT2D eigenvalue weighted by Gasteiger charge is 2.11. The maximum absolute atomic E-state index is 12.8. The molecule has 1 amide bonds. The van der Waals surface area contributed by atoms with Gasteiger partial charge in [-0.15, -0.1) is 0 Å². The SMILES string of the molecule is CN(c1ccc(OCC(=O)NCCc2ccc(F)cc2)cc1)S(C)(=O)=O. The maximum atomic E-state index is 12.8. The van der Waals surface area contributed by atoms with Gasteiger partial charge in [0.15, 0.2) is 6.61 Å². The number of benzene rings is 2. The summed E-state index contributed by atoms with van der Waals surface area (Å²) in [4.78, 5) is 11.8. The number of hydrogen-bond acceptors (Lipinski definition) is 4. The molecule has 0 bridgehead atoms. The van der Waals surface area contributed by atoms with Gasteiger partial charge >= 0.3 is 0 Å². The molecule has 0 heterocycles. The van der Waals surface area contributed by atoms with Crippen molar-refractivity contribution in [1.29, 1.82) is 0 Å². The molecule has 0 aromatic heterocycles. The largest absolute Gasteiger partial charge is 0.484 e. The van der Waals surface area contributed by atoms with Crippen molar-refractivity contribution in [2.75, 3.05) is 30.8 Å². The number of rotatable bonds is 8. The second kappa shape index (κ2) is 8.66. The van der Waals surface area contributed by atoms with Gasteiger partial charge in [-0.25, -0.2) is 12.8 Å². The lowest BCUT2D eigenvalue weighted by Crippen LogP contribution is -2.30. The molecule has 0 atom stereocenters. The van der Waals surface area contributed by atoms with Crippen molar-refractivity contribution in [1.82, 2.24) is 5.32 Å². The fourth-order valence-electron chi connectivity index (χ4n) is 2.14. The minimum Gasteiger partial charge on any atom is -0.484 e. The standard InChI is InChI=1S/C18H21FN2O4S/c1-21(26(2,23)24)16-7-9-17(10-8-16)25-13-18(22)20-12-11-14-3-5-15(19)6-4-14/h3-10H,11-13H2,1-2H3,(H,20,22). The zero-order valence-electron chi connectivity index (χ0n) is 14.6. The van der Waals surface area contributed by atoms with Crippen molar-refractivity contribution >= 4 is 21.6 Å². The fraction of sp³-hybridized carbons (Fsp3) is 0.278. The number of anilines is 1. The van der Waals surface area contributed by atoms with Gasteiger partial charge in [-0.3, -0.25) is 9.10 Å². The van der Waals surface area contributed by atoms with Gasteiger partial charge in [0.25, 0.3) is 5.91 Å². The van der Waals surface area contributed by atoms with Gasteiger partial charge < -0.3 is 10.1 Å². The Balaban J connectivity index is 1.75. The second-order valence-electron chi connectivity index (χ2n) is 5.74. The van der Waals surface area contributed by atoms with Crippen LogP contribution in [0.15, 0.2) is 48.5 Å². The molecule has 2 rings (SSSR count). The fourth-order valence-corrected chi connectivity index (χ4v) is 2.65. The molecule has 140 valence electrons. The van der Waals surface area contributed by atoms with Crippen LogP contribution >= 0.6 is 0 Å². The summed E-state index contributed by atoms with van der Waals surface area (Å²) in [7, 11) is -1.86. The molecule has 2 aromatic carbocycles. The minimum absolute atomic E-state index is 0.148. The van der Waals surface area contributed by atoms with Crippen LogP contribution in [0, 0.1) is 5.82 Å². The van der Waals surface area contributed by atoms with E-state index in [2.05, 4.69) is 5.32 Å². The van der Waals surface area contributed by atoms with Crippen LogP contribution in [0.2, 0.25) is 0 Å². The summed E-state index contributed by atoms with van der Waals surface area (Å²) in [6.45, 7) is 0.274. The molecule has 0 fully saturated rings. The number of carbonyl (C=O) groups excluding carboxylic acids is 1. The van der Waals surface area contributed by atoms with Crippen LogP contribution in [0.3, 0.4) is 0 Å². The zero-order valence-corrected chi connectivity index (χ0v) is 15.4. The third-order valence-electron chi connectivity index (χ3n) is 3.72. The average Bonchev–Trinajstić information content (AvgIpc) is 2.61. The van der Waals surface area contributed by atoms with Gasteiger partial charge in [0.1, 0.15) is 11.6 Å². The lowest BCUT2D eigenvalue weighted by atomic mass is 10.1. The molecule has 0 unspecified atom stereocenters. The molecule has 0 spiro atoms. The average molecular weight is 380 g/mol. The molecule has 26 heavy (non-hydrogen) atoms. The van der Waals surface area contributed by atoms with Crippen LogP contribution in [0.1, 0.15) is 5.56 Å². The number of carbonyl (C=O) groups is 1. The Kier molecular flexibility index (Phi) is 6.57. The van der Waals surface area contributed by atoms with E-state index in [1.807, 2.05) is 0 Å². The third-order valence-corrected chi connectivity index (χ3v) is 4.92. The van der Waals surface area contributed by atoms with Crippen molar-refractivity contribution in [2.45, 2.75) is 6.42 Å². The summed E-state index contributed by atoms with van der Waals surface area (Å²) in [5.74, 6) is -0.103. The molecule has 0 aliphatic heterocycles. The Labute approximate surface area is 152 Å². The van der Waals surface area contributed by atoms with Gasteiger partial charge in [0.2, 0.25) is 10.0 Å². The Morgan fingerprint density at radius 3 is 2.31 bits per heavy atom. The first-order valence-corrected chi connectivity index (χ1v) is 9.78. The quantitative estimate of drug-likeness (QED) is 0.760. The van der Waals surface area contributed by atoms with Gasteiger partial charge in [-0.1, -0.05) is 12.1 Å². The summed E-state index contributed by atoms with van der Waals surface area (Å²) < 4.78 is 42.3. The van der Waals surface area contributed by atoms with Crippen molar-refractivity contribution in [3.05, 3.63) is 59.9 Å². The van der Waals surface area contributed by atoms with E-state index in [9.17, 15) is 17.6 Å². The van der Waals surface area contributed by atoms with E-state index in [4.69, 9.17) is 4.74 Å². The minimum atomic E-state index is -3.32. The highest BCUT2D eigenvalue weighted by atomic mass is 32.2. The second-order valence-corrected chi connectivity index (χ2v) is 7.75. The molecule has 6 nitrogen and oxygen atoms in total. The van der Waals surface area contributed by atoms with Crippen LogP contribution in [0.25, 0.3) is 0 Å². The molecule has 0 saturated carbocycles. The van der Waals surface area contributed by atoms with Gasteiger partial charge in [0.05, 0.1) is 11.9 Å². The molecule has 0 aliphatic rings. The summed E-state index contributed by atoms with van der Waals surface area (Å²) in [5.41, 5.74) is 1.43. The summed E-state index contributed by atoms with van der Waals surface area (Å²) in [6.07, 6.45) is 1.71. The summed E-state index contributed by atoms with van der Waals surface area (Å²) in [5, 5.41) is 2.72. The molecule has 8 heteroatoms. The lowest BCUT2D eigenvalue weighted by molar-refractivity contribution is -0.123. The van der Waals surface area contributed by atoms with Crippen molar-refractivity contribution in [3.63, 3.8) is 0 Å². The number of hydrogen-bond donors (Lipinski definition) is 1. The van der Waals surface area contributed by atoms with E-state index in [1.165, 1.54) is 19.2 Å². The number of sulfonamides is 1. The van der Waals surface area contributed by atoms with Crippen LogP contribution in [-0.2, 0) is 21.2 Å². The highest BCUT2D eigenvalue weighted by Crippen LogP contribution is 2.20. The van der Waals surface area contributed by atoms with E-state index >= 15 is 0 Å². The lowest BCUT2D eigenvalue weighted by Gasteiger charge is -2.16. The smallest absolute Gasteiger partial charge is 0.257 e. The Bertz CT molecular complexity index is 836. The van der Waals surface area contributed by atoms with E-state index in [1.54, 1.807) is 36.4 Å². The Hall–Kier alpha value is -2.61. The monoisotopic (exact) mass is 380 g/mol. The molecule has 0 aliphatic carbocycles. The van der Waals surface area contributed by atoms with Crippen LogP contribution in [0.4, 0.5) is 10.1 Å². The molecule has 0 saturated heterocycles. The van der Waals surface area contributed by atoms with Crippen molar-refractivity contribution in [2.24, 2.45) is 0 Å². The Morgan fingerprint density at radius 2 is 1.73 bits per heavy atom. The number of nitrogens with zero attached hydrogens (tertiary/aromatic N) is 1. The number of amides is 1. The van der Waals surface area contributed by atoms with E-state index in [0.717, 1.165) is 16.1 Å². The first kappa shape index (κ1) is 19.7. The number of halogens is 1. The van der Waals surface area contributed by atoms with Crippen molar-refractivity contribution < 1.29 is 22.3 Å². The topological polar surface area (TPSA) is 75.7 Å². The van der Waals surface area contributed by atoms with Crippen LogP contribution in [0.5, 0.6) is 5.75 Å². The molecule has 1 N–H and O–H groups in total. The zero-order chi connectivity index (χ0) is 19.2. The maximum Gasteiger partial charge on any atom is 0.257 e. The number of nitrogens with one attached hydrogen (secondary N) is 1. The van der Waals surface area contributed by atoms with E-state index in [-0.39, 0.29) is 18.3 Å². The molecule has 2 aromatic rings. The van der Waals surface area contributed by atoms with Crippen molar-refractivity contribution in [3.8, 4) is 5.75 Å². The first-order chi connectivity index (χ1) is 12.3. The molecule has 0 radical (unpaired) electrons. The van der Waals surface area contributed by atoms with E-state index < -0.39 is 10.0 Å². The summed E-state index contributed by atoms with van der Waals surface area (Å²) >= 11 is 0.